The predicted molar refractivity (Wildman–Crippen MR) is 79.6 cm³/mol. The zero-order chi connectivity index (χ0) is 13.7. The number of hydrogen-bond acceptors (Lipinski definition) is 3. The lowest BCUT2D eigenvalue weighted by atomic mass is 9.78. The maximum absolute atomic E-state index is 5.37. The Balaban J connectivity index is 1.98. The summed E-state index contributed by atoms with van der Waals surface area (Å²) in [5.74, 6) is 2.23. The van der Waals surface area contributed by atoms with Gasteiger partial charge in [0.2, 0.25) is 5.88 Å². The van der Waals surface area contributed by atoms with Crippen LogP contribution in [0.25, 0.3) is 0 Å². The van der Waals surface area contributed by atoms with Gasteiger partial charge in [-0.15, -0.1) is 0 Å². The van der Waals surface area contributed by atoms with Crippen LogP contribution in [-0.4, -0.2) is 17.6 Å². The van der Waals surface area contributed by atoms with Crippen molar-refractivity contribution in [2.45, 2.75) is 52.5 Å². The average Bonchev–Trinajstić information content (AvgIpc) is 2.42. The van der Waals surface area contributed by atoms with Gasteiger partial charge in [-0.25, -0.2) is 4.98 Å². The number of ether oxygens (including phenoxy) is 1. The molecule has 0 saturated heterocycles. The Morgan fingerprint density at radius 2 is 2.11 bits per heavy atom. The molecule has 106 valence electrons. The first-order chi connectivity index (χ1) is 9.20. The van der Waals surface area contributed by atoms with Gasteiger partial charge in [0, 0.05) is 12.1 Å². The van der Waals surface area contributed by atoms with Gasteiger partial charge in [-0.1, -0.05) is 26.7 Å². The van der Waals surface area contributed by atoms with Crippen molar-refractivity contribution in [1.29, 1.82) is 0 Å². The quantitative estimate of drug-likeness (QED) is 0.867. The molecule has 3 nitrogen and oxygen atoms in total. The molecule has 2 atom stereocenters. The van der Waals surface area contributed by atoms with Crippen molar-refractivity contribution in [1.82, 2.24) is 4.98 Å². The van der Waals surface area contributed by atoms with Gasteiger partial charge in [-0.2, -0.15) is 0 Å². The highest BCUT2D eigenvalue weighted by Gasteiger charge is 2.27. The molecule has 0 aliphatic heterocycles. The van der Waals surface area contributed by atoms with E-state index in [1.807, 2.05) is 19.2 Å². The number of hydrogen-bond donors (Lipinski definition) is 1. The summed E-state index contributed by atoms with van der Waals surface area (Å²) in [6.45, 7) is 7.31. The van der Waals surface area contributed by atoms with Crippen LogP contribution in [0.1, 0.15) is 46.5 Å². The molecule has 1 aliphatic rings. The van der Waals surface area contributed by atoms with Gasteiger partial charge in [0.25, 0.3) is 0 Å². The highest BCUT2D eigenvalue weighted by molar-refractivity contribution is 5.43. The Kier molecular flexibility index (Phi) is 5.06. The highest BCUT2D eigenvalue weighted by Crippen LogP contribution is 2.32. The molecule has 1 heterocycles. The summed E-state index contributed by atoms with van der Waals surface area (Å²) < 4.78 is 5.37. The molecule has 1 aliphatic carbocycles. The van der Waals surface area contributed by atoms with Crippen LogP contribution in [0.4, 0.5) is 5.69 Å². The summed E-state index contributed by atoms with van der Waals surface area (Å²) in [7, 11) is 0. The largest absolute Gasteiger partial charge is 0.478 e. The molecule has 3 heteroatoms. The number of nitrogens with one attached hydrogen (secondary N) is 1. The van der Waals surface area contributed by atoms with Gasteiger partial charge < -0.3 is 10.1 Å². The van der Waals surface area contributed by atoms with Crippen molar-refractivity contribution in [2.24, 2.45) is 11.8 Å². The molecule has 0 spiro atoms. The molecular weight excluding hydrogens is 236 g/mol. The van der Waals surface area contributed by atoms with E-state index >= 15 is 0 Å². The molecular formula is C16H26N2O. The SMILES string of the molecule is CCOc1ccc(NC2CCCCC2C(C)C)cn1. The van der Waals surface area contributed by atoms with Gasteiger partial charge in [-0.3, -0.25) is 0 Å². The summed E-state index contributed by atoms with van der Waals surface area (Å²) in [4.78, 5) is 4.32. The summed E-state index contributed by atoms with van der Waals surface area (Å²) in [5.41, 5.74) is 1.11. The number of nitrogens with zero attached hydrogens (tertiary/aromatic N) is 1. The lowest BCUT2D eigenvalue weighted by Crippen LogP contribution is -2.35. The van der Waals surface area contributed by atoms with Crippen LogP contribution in [0, 0.1) is 11.8 Å². The molecule has 0 bridgehead atoms. The molecule has 2 rings (SSSR count). The van der Waals surface area contributed by atoms with Crippen LogP contribution >= 0.6 is 0 Å². The van der Waals surface area contributed by atoms with Crippen LogP contribution < -0.4 is 10.1 Å². The van der Waals surface area contributed by atoms with Gasteiger partial charge in [0.1, 0.15) is 0 Å². The second kappa shape index (κ2) is 6.78. The fourth-order valence-electron chi connectivity index (χ4n) is 3.05. The molecule has 0 aromatic carbocycles. The first-order valence-corrected chi connectivity index (χ1v) is 7.56. The van der Waals surface area contributed by atoms with E-state index in [-0.39, 0.29) is 0 Å². The summed E-state index contributed by atoms with van der Waals surface area (Å²) in [6.07, 6.45) is 7.22. The van der Waals surface area contributed by atoms with E-state index in [0.29, 0.717) is 18.5 Å². The Hall–Kier alpha value is -1.25. The lowest BCUT2D eigenvalue weighted by molar-refractivity contribution is 0.253. The van der Waals surface area contributed by atoms with Crippen molar-refractivity contribution in [3.8, 4) is 5.88 Å². The summed E-state index contributed by atoms with van der Waals surface area (Å²) in [6, 6.07) is 4.61. The summed E-state index contributed by atoms with van der Waals surface area (Å²) >= 11 is 0. The van der Waals surface area contributed by atoms with Crippen LogP contribution in [0.3, 0.4) is 0 Å². The average molecular weight is 262 g/mol. The van der Waals surface area contributed by atoms with Crippen molar-refractivity contribution in [3.63, 3.8) is 0 Å². The molecule has 2 unspecified atom stereocenters. The number of rotatable bonds is 5. The van der Waals surface area contributed by atoms with Crippen LogP contribution in [0.5, 0.6) is 5.88 Å². The highest BCUT2D eigenvalue weighted by atomic mass is 16.5. The third-order valence-electron chi connectivity index (χ3n) is 4.06. The van der Waals surface area contributed by atoms with E-state index < -0.39 is 0 Å². The molecule has 1 N–H and O–H groups in total. The Labute approximate surface area is 116 Å². The Bertz CT molecular complexity index is 375. The first kappa shape index (κ1) is 14.2. The number of pyridine rings is 1. The van der Waals surface area contributed by atoms with Crippen molar-refractivity contribution < 1.29 is 4.74 Å². The van der Waals surface area contributed by atoms with Crippen LogP contribution in [0.15, 0.2) is 18.3 Å². The normalized spacial score (nSPS) is 23.4. The van der Waals surface area contributed by atoms with Crippen LogP contribution in [-0.2, 0) is 0 Å². The minimum atomic E-state index is 0.591. The van der Waals surface area contributed by atoms with Crippen molar-refractivity contribution in [3.05, 3.63) is 18.3 Å². The van der Waals surface area contributed by atoms with E-state index in [1.165, 1.54) is 25.7 Å². The van der Waals surface area contributed by atoms with Crippen molar-refractivity contribution >= 4 is 5.69 Å². The van der Waals surface area contributed by atoms with Gasteiger partial charge in [-0.05, 0) is 37.7 Å². The van der Waals surface area contributed by atoms with Gasteiger partial charge in [0.15, 0.2) is 0 Å². The molecule has 1 aromatic rings. The fraction of sp³-hybridized carbons (Fsp3) is 0.688. The second-order valence-corrected chi connectivity index (χ2v) is 5.76. The number of anilines is 1. The maximum Gasteiger partial charge on any atom is 0.213 e. The minimum absolute atomic E-state index is 0.591. The minimum Gasteiger partial charge on any atom is -0.478 e. The number of aromatic nitrogens is 1. The van der Waals surface area contributed by atoms with E-state index in [0.717, 1.165) is 17.5 Å². The van der Waals surface area contributed by atoms with E-state index in [2.05, 4.69) is 30.2 Å². The zero-order valence-electron chi connectivity index (χ0n) is 12.4. The third-order valence-corrected chi connectivity index (χ3v) is 4.06. The Morgan fingerprint density at radius 3 is 2.74 bits per heavy atom. The first-order valence-electron chi connectivity index (χ1n) is 7.56. The molecule has 1 aromatic heterocycles. The topological polar surface area (TPSA) is 34.1 Å². The molecule has 19 heavy (non-hydrogen) atoms. The maximum atomic E-state index is 5.37. The standard InChI is InChI=1S/C16H26N2O/c1-4-19-16-10-9-13(11-17-16)18-15-8-6-5-7-14(15)12(2)3/h9-12,14-15,18H,4-8H2,1-3H3. The smallest absolute Gasteiger partial charge is 0.213 e. The molecule has 1 fully saturated rings. The van der Waals surface area contributed by atoms with E-state index in [1.54, 1.807) is 0 Å². The predicted octanol–water partition coefficient (Wildman–Crippen LogP) is 4.11. The van der Waals surface area contributed by atoms with Crippen molar-refractivity contribution in [2.75, 3.05) is 11.9 Å². The zero-order valence-corrected chi connectivity index (χ0v) is 12.4. The summed E-state index contributed by atoms with van der Waals surface area (Å²) in [5, 5.41) is 3.66. The van der Waals surface area contributed by atoms with Crippen LogP contribution in [0.2, 0.25) is 0 Å². The molecule has 0 amide bonds. The Morgan fingerprint density at radius 1 is 1.32 bits per heavy atom. The van der Waals surface area contributed by atoms with E-state index in [4.69, 9.17) is 4.74 Å². The lowest BCUT2D eigenvalue weighted by Gasteiger charge is -2.35. The monoisotopic (exact) mass is 262 g/mol. The molecule has 1 saturated carbocycles. The van der Waals surface area contributed by atoms with Gasteiger partial charge >= 0.3 is 0 Å². The van der Waals surface area contributed by atoms with E-state index in [9.17, 15) is 0 Å². The third kappa shape index (κ3) is 3.85. The second-order valence-electron chi connectivity index (χ2n) is 5.76. The molecule has 0 radical (unpaired) electrons. The van der Waals surface area contributed by atoms with Gasteiger partial charge in [0.05, 0.1) is 18.5 Å². The fourth-order valence-corrected chi connectivity index (χ4v) is 3.05.